The molecule has 84 heavy (non-hydrogen) atoms. The smallest absolute Gasteiger partial charge is 0.160 e. The molecule has 0 atom stereocenters. The minimum atomic E-state index is -0.728. The molecular formula is C81H66N2O. The van der Waals surface area contributed by atoms with Crippen LogP contribution in [0.3, 0.4) is 0 Å². The summed E-state index contributed by atoms with van der Waals surface area (Å²) in [4.78, 5) is 4.96. The van der Waals surface area contributed by atoms with Gasteiger partial charge >= 0.3 is 0 Å². The summed E-state index contributed by atoms with van der Waals surface area (Å²) >= 11 is 0. The Labute approximate surface area is 493 Å². The Bertz CT molecular complexity index is 4700. The van der Waals surface area contributed by atoms with E-state index in [-0.39, 0.29) is 10.8 Å². The van der Waals surface area contributed by atoms with E-state index in [4.69, 9.17) is 4.42 Å². The minimum Gasteiger partial charge on any atom is -0.454 e. The molecule has 0 radical (unpaired) electrons. The molecule has 0 saturated carbocycles. The van der Waals surface area contributed by atoms with Crippen LogP contribution >= 0.6 is 0 Å². The van der Waals surface area contributed by atoms with E-state index in [1.165, 1.54) is 99.8 Å². The van der Waals surface area contributed by atoms with Crippen molar-refractivity contribution in [2.45, 2.75) is 71.6 Å². The second-order valence-electron chi connectivity index (χ2n) is 25.4. The van der Waals surface area contributed by atoms with Crippen LogP contribution in [-0.4, -0.2) is 0 Å². The van der Waals surface area contributed by atoms with Gasteiger partial charge in [-0.3, -0.25) is 0 Å². The van der Waals surface area contributed by atoms with E-state index in [9.17, 15) is 0 Å². The lowest BCUT2D eigenvalue weighted by atomic mass is 9.70. The fourth-order valence-corrected chi connectivity index (χ4v) is 14.0. The van der Waals surface area contributed by atoms with Gasteiger partial charge in [0.1, 0.15) is 5.58 Å². The third kappa shape index (κ3) is 7.93. The van der Waals surface area contributed by atoms with Crippen LogP contribution in [-0.2, 0) is 16.2 Å². The number of nitrogens with zero attached hydrogens (tertiary/aromatic N) is 2. The van der Waals surface area contributed by atoms with Crippen molar-refractivity contribution >= 4 is 66.8 Å². The Morgan fingerprint density at radius 3 is 1.38 bits per heavy atom. The zero-order valence-corrected chi connectivity index (χ0v) is 49.1. The first-order valence-electron chi connectivity index (χ1n) is 29.6. The molecule has 0 N–H and O–H groups in total. The number of hydrogen-bond acceptors (Lipinski definition) is 3. The molecule has 0 aliphatic heterocycles. The Hall–Kier alpha value is -9.70. The number of rotatable bonds is 8. The average molecular weight is 1080 g/mol. The van der Waals surface area contributed by atoms with Crippen molar-refractivity contribution < 1.29 is 4.42 Å². The average Bonchev–Trinajstić information content (AvgIpc) is 1.53. The quantitative estimate of drug-likeness (QED) is 0.151. The van der Waals surface area contributed by atoms with Crippen LogP contribution in [0, 0.1) is 13.8 Å². The molecule has 13 aromatic rings. The van der Waals surface area contributed by atoms with E-state index < -0.39 is 5.41 Å². The fourth-order valence-electron chi connectivity index (χ4n) is 14.0. The zero-order chi connectivity index (χ0) is 57.2. The van der Waals surface area contributed by atoms with Crippen LogP contribution in [0.2, 0.25) is 0 Å². The first kappa shape index (κ1) is 51.2. The summed E-state index contributed by atoms with van der Waals surface area (Å²) in [5.74, 6) is 0. The molecule has 0 bridgehead atoms. The standard InChI is InChI=1S/C81H66N2O/c1-51-34-40-60(47-65(51)53-22-11-9-12-23-53)82(58-42-36-56(37-43-58)79(3,4)5)73-32-21-26-55-46-68-71(49-67(55)73)81(69-30-18-15-27-62(69)63-28-16-19-31-70(63)81)72-50-74(78-77(76(68)72)64-29-17-20-33-75(64)84-78)83(59-44-38-57(39-45-59)80(6,7)8)61-41-35-52(2)66(48-61)54-24-13-10-14-25-54/h9-50H,1-8H3. The van der Waals surface area contributed by atoms with Crippen molar-refractivity contribution in [3.05, 3.63) is 299 Å². The molecule has 2 aliphatic carbocycles. The van der Waals surface area contributed by atoms with Gasteiger partial charge in [-0.25, -0.2) is 0 Å². The third-order valence-corrected chi connectivity index (χ3v) is 18.2. The SMILES string of the molecule is Cc1ccc(N(c2ccc(C(C)(C)C)cc2)c2cccc3cc4c(cc23)C2(c3ccccc3-c3ccccc32)c2cc(N(c3ccc(C(C)(C)C)cc3)c3ccc(C)c(-c5ccccc5)c3)c3oc5ccccc5c3c2-4)cc1-c1ccccc1. The molecule has 0 amide bonds. The topological polar surface area (TPSA) is 19.6 Å². The number of anilines is 6. The first-order chi connectivity index (χ1) is 40.8. The van der Waals surface area contributed by atoms with Gasteiger partial charge in [0.25, 0.3) is 0 Å². The Balaban J connectivity index is 1.05. The molecule has 3 nitrogen and oxygen atoms in total. The fraction of sp³-hybridized carbons (Fsp3) is 0.136. The summed E-state index contributed by atoms with van der Waals surface area (Å²) in [6.07, 6.45) is 0. The Morgan fingerprint density at radius 1 is 0.345 bits per heavy atom. The van der Waals surface area contributed by atoms with Crippen LogP contribution in [0.4, 0.5) is 34.1 Å². The predicted octanol–water partition coefficient (Wildman–Crippen LogP) is 22.6. The van der Waals surface area contributed by atoms with E-state index in [1.54, 1.807) is 0 Å². The largest absolute Gasteiger partial charge is 0.454 e. The van der Waals surface area contributed by atoms with Crippen molar-refractivity contribution in [2.75, 3.05) is 9.80 Å². The highest BCUT2D eigenvalue weighted by atomic mass is 16.3. The van der Waals surface area contributed by atoms with Crippen LogP contribution in [0.5, 0.6) is 0 Å². The number of hydrogen-bond donors (Lipinski definition) is 0. The molecule has 1 spiro atoms. The summed E-state index contributed by atoms with van der Waals surface area (Å²) in [7, 11) is 0. The second kappa shape index (κ2) is 19.2. The summed E-state index contributed by atoms with van der Waals surface area (Å²) < 4.78 is 7.42. The number of aryl methyl sites for hydroxylation is 2. The maximum absolute atomic E-state index is 7.42. The number of para-hydroxylation sites is 1. The number of furan rings is 1. The van der Waals surface area contributed by atoms with Crippen LogP contribution < -0.4 is 9.80 Å². The third-order valence-electron chi connectivity index (χ3n) is 18.2. The molecule has 2 aliphatic rings. The van der Waals surface area contributed by atoms with Gasteiger partial charge in [-0.1, -0.05) is 217 Å². The van der Waals surface area contributed by atoms with E-state index in [0.717, 1.165) is 56.1 Å². The van der Waals surface area contributed by atoms with Crippen molar-refractivity contribution in [1.29, 1.82) is 0 Å². The lowest BCUT2D eigenvalue weighted by Crippen LogP contribution is -2.26. The molecule has 0 unspecified atom stereocenters. The number of fused-ring (bicyclic) bond motifs is 15. The summed E-state index contributed by atoms with van der Waals surface area (Å²) in [6, 6.07) is 95.6. The van der Waals surface area contributed by atoms with Gasteiger partial charge in [-0.15, -0.1) is 0 Å². The molecule has 15 rings (SSSR count). The van der Waals surface area contributed by atoms with Gasteiger partial charge in [0.2, 0.25) is 0 Å². The van der Waals surface area contributed by atoms with Crippen LogP contribution in [0.25, 0.3) is 77.2 Å². The van der Waals surface area contributed by atoms with Gasteiger partial charge in [0, 0.05) is 38.9 Å². The lowest BCUT2D eigenvalue weighted by Gasteiger charge is -2.33. The van der Waals surface area contributed by atoms with Crippen molar-refractivity contribution in [3.63, 3.8) is 0 Å². The van der Waals surface area contributed by atoms with E-state index in [0.29, 0.717) is 0 Å². The van der Waals surface area contributed by atoms with Crippen molar-refractivity contribution in [3.8, 4) is 44.5 Å². The molecular weight excluding hydrogens is 1020 g/mol. The molecule has 406 valence electrons. The normalized spacial score (nSPS) is 13.1. The molecule has 1 heterocycles. The lowest BCUT2D eigenvalue weighted by molar-refractivity contribution is 0.590. The highest BCUT2D eigenvalue weighted by Crippen LogP contribution is 2.66. The van der Waals surface area contributed by atoms with E-state index in [2.05, 4.69) is 320 Å². The van der Waals surface area contributed by atoms with Gasteiger partial charge < -0.3 is 14.2 Å². The van der Waals surface area contributed by atoms with Crippen molar-refractivity contribution in [1.82, 2.24) is 0 Å². The minimum absolute atomic E-state index is 0.00433. The molecule has 0 saturated heterocycles. The van der Waals surface area contributed by atoms with E-state index in [1.807, 2.05) is 0 Å². The molecule has 12 aromatic carbocycles. The van der Waals surface area contributed by atoms with Crippen molar-refractivity contribution in [2.24, 2.45) is 0 Å². The zero-order valence-electron chi connectivity index (χ0n) is 49.1. The Morgan fingerprint density at radius 2 is 0.833 bits per heavy atom. The molecule has 0 fully saturated rings. The van der Waals surface area contributed by atoms with Gasteiger partial charge in [0.15, 0.2) is 5.58 Å². The second-order valence-corrected chi connectivity index (χ2v) is 25.4. The molecule has 1 aromatic heterocycles. The Kier molecular flexibility index (Phi) is 11.7. The van der Waals surface area contributed by atoms with Gasteiger partial charge in [0.05, 0.1) is 16.8 Å². The summed E-state index contributed by atoms with van der Waals surface area (Å²) in [5, 5.41) is 4.56. The first-order valence-corrected chi connectivity index (χ1v) is 29.6. The highest BCUT2D eigenvalue weighted by molar-refractivity contribution is 6.21. The van der Waals surface area contributed by atoms with Crippen LogP contribution in [0.15, 0.2) is 259 Å². The monoisotopic (exact) mass is 1080 g/mol. The molecule has 3 heteroatoms. The van der Waals surface area contributed by atoms with Gasteiger partial charge in [-0.2, -0.15) is 0 Å². The maximum Gasteiger partial charge on any atom is 0.160 e. The predicted molar refractivity (Wildman–Crippen MR) is 355 cm³/mol. The van der Waals surface area contributed by atoms with E-state index >= 15 is 0 Å². The number of benzene rings is 12. The summed E-state index contributed by atoms with van der Waals surface area (Å²) in [6.45, 7) is 18.2. The maximum atomic E-state index is 7.42. The van der Waals surface area contributed by atoms with Crippen LogP contribution in [0.1, 0.15) is 86.1 Å². The highest BCUT2D eigenvalue weighted by Gasteiger charge is 2.53. The summed E-state index contributed by atoms with van der Waals surface area (Å²) in [5.41, 5.74) is 27.2. The van der Waals surface area contributed by atoms with Gasteiger partial charge in [-0.05, 0) is 198 Å².